The van der Waals surface area contributed by atoms with Crippen molar-refractivity contribution in [2.24, 2.45) is 7.05 Å². The van der Waals surface area contributed by atoms with Crippen molar-refractivity contribution in [3.63, 3.8) is 0 Å². The largest absolute Gasteiger partial charge is 0.331 e. The summed E-state index contributed by atoms with van der Waals surface area (Å²) in [5, 5.41) is 4.49. The lowest BCUT2D eigenvalue weighted by molar-refractivity contribution is 0.746. The normalized spacial score (nSPS) is 11.3. The van der Waals surface area contributed by atoms with E-state index < -0.39 is 0 Å². The van der Waals surface area contributed by atoms with Gasteiger partial charge in [-0.25, -0.2) is 0 Å². The Morgan fingerprint density at radius 1 is 1.40 bits per heavy atom. The second-order valence-corrected chi connectivity index (χ2v) is 6.11. The van der Waals surface area contributed by atoms with Crippen LogP contribution in [0.15, 0.2) is 28.9 Å². The van der Waals surface area contributed by atoms with Crippen molar-refractivity contribution in [2.45, 2.75) is 19.9 Å². The van der Waals surface area contributed by atoms with Gasteiger partial charge in [-0.2, -0.15) is 5.10 Å². The van der Waals surface area contributed by atoms with Crippen LogP contribution >= 0.6 is 28.1 Å². The quantitative estimate of drug-likeness (QED) is 0.729. The minimum Gasteiger partial charge on any atom is -0.331 e. The summed E-state index contributed by atoms with van der Waals surface area (Å²) in [4.78, 5) is 3.25. The third kappa shape index (κ3) is 2.33. The van der Waals surface area contributed by atoms with Crippen LogP contribution in [0.2, 0.25) is 0 Å². The van der Waals surface area contributed by atoms with Crippen molar-refractivity contribution >= 4 is 39.2 Å². The molecule has 0 radical (unpaired) electrons. The molecule has 4 nitrogen and oxygen atoms in total. The molecule has 0 amide bonds. The molecule has 104 valence electrons. The van der Waals surface area contributed by atoms with Crippen molar-refractivity contribution < 1.29 is 0 Å². The van der Waals surface area contributed by atoms with E-state index in [9.17, 15) is 0 Å². The Balaban J connectivity index is 2.12. The lowest BCUT2D eigenvalue weighted by atomic mass is 10.2. The highest BCUT2D eigenvalue weighted by Crippen LogP contribution is 2.21. The fourth-order valence-electron chi connectivity index (χ4n) is 2.47. The number of fused-ring (bicyclic) bond motifs is 1. The van der Waals surface area contributed by atoms with E-state index in [1.807, 2.05) is 23.9 Å². The molecule has 0 saturated heterocycles. The average Bonchev–Trinajstić information content (AvgIpc) is 2.91. The lowest BCUT2D eigenvalue weighted by Crippen LogP contribution is -2.01. The number of nitrogens with zero attached hydrogens (tertiary/aromatic N) is 3. The van der Waals surface area contributed by atoms with E-state index in [2.05, 4.69) is 49.8 Å². The van der Waals surface area contributed by atoms with E-state index >= 15 is 0 Å². The first kappa shape index (κ1) is 13.6. The van der Waals surface area contributed by atoms with Gasteiger partial charge in [0.1, 0.15) is 0 Å². The van der Waals surface area contributed by atoms with Gasteiger partial charge in [-0.15, -0.1) is 0 Å². The number of halogens is 1. The Bertz CT molecular complexity index is 827. The fourth-order valence-corrected chi connectivity index (χ4v) is 3.09. The number of imidazole rings is 1. The highest BCUT2D eigenvalue weighted by atomic mass is 79.9. The molecule has 3 aromatic rings. The van der Waals surface area contributed by atoms with E-state index in [1.165, 1.54) is 5.56 Å². The number of hydrogen-bond donors (Lipinski definition) is 1. The minimum atomic E-state index is 0.740. The topological polar surface area (TPSA) is 38.5 Å². The molecule has 1 aromatic carbocycles. The molecule has 0 aliphatic carbocycles. The van der Waals surface area contributed by atoms with Crippen LogP contribution < -0.4 is 0 Å². The van der Waals surface area contributed by atoms with E-state index in [4.69, 9.17) is 12.2 Å². The second kappa shape index (κ2) is 5.18. The zero-order chi connectivity index (χ0) is 14.3. The Kier molecular flexibility index (Phi) is 3.52. The summed E-state index contributed by atoms with van der Waals surface area (Å²) in [6, 6.07) is 6.14. The molecular formula is C14H15BrN4S. The van der Waals surface area contributed by atoms with Crippen LogP contribution in [0.1, 0.15) is 18.2 Å². The molecular weight excluding hydrogens is 336 g/mol. The van der Waals surface area contributed by atoms with Crippen LogP contribution in [-0.2, 0) is 20.0 Å². The first-order valence-corrected chi connectivity index (χ1v) is 7.68. The van der Waals surface area contributed by atoms with Gasteiger partial charge in [0.2, 0.25) is 0 Å². The van der Waals surface area contributed by atoms with Gasteiger partial charge in [-0.3, -0.25) is 4.68 Å². The van der Waals surface area contributed by atoms with Gasteiger partial charge >= 0.3 is 0 Å². The summed E-state index contributed by atoms with van der Waals surface area (Å²) >= 11 is 8.96. The van der Waals surface area contributed by atoms with E-state index in [-0.39, 0.29) is 0 Å². The molecule has 20 heavy (non-hydrogen) atoms. The van der Waals surface area contributed by atoms with Crippen molar-refractivity contribution in [1.82, 2.24) is 19.3 Å². The molecule has 0 aliphatic rings. The SMILES string of the molecule is CCc1nn(C)cc1Cn1c(=S)[nH]c2ccc(Br)cc21. The summed E-state index contributed by atoms with van der Waals surface area (Å²) in [5.74, 6) is 0. The lowest BCUT2D eigenvalue weighted by Gasteiger charge is -2.04. The van der Waals surface area contributed by atoms with Gasteiger partial charge in [0.15, 0.2) is 4.77 Å². The molecule has 0 bridgehead atoms. The Morgan fingerprint density at radius 3 is 2.95 bits per heavy atom. The highest BCUT2D eigenvalue weighted by molar-refractivity contribution is 9.10. The number of aromatic amines is 1. The molecule has 0 saturated carbocycles. The predicted molar refractivity (Wildman–Crippen MR) is 86.5 cm³/mol. The highest BCUT2D eigenvalue weighted by Gasteiger charge is 2.10. The number of aryl methyl sites for hydroxylation is 2. The fraction of sp³-hybridized carbons (Fsp3) is 0.286. The Morgan fingerprint density at radius 2 is 2.20 bits per heavy atom. The molecule has 2 heterocycles. The van der Waals surface area contributed by atoms with Gasteiger partial charge in [0.25, 0.3) is 0 Å². The molecule has 0 unspecified atom stereocenters. The van der Waals surface area contributed by atoms with Crippen molar-refractivity contribution in [1.29, 1.82) is 0 Å². The first-order valence-electron chi connectivity index (χ1n) is 6.48. The molecule has 0 aliphatic heterocycles. The maximum absolute atomic E-state index is 5.45. The average molecular weight is 351 g/mol. The maximum Gasteiger partial charge on any atom is 0.178 e. The maximum atomic E-state index is 5.45. The predicted octanol–water partition coefficient (Wildman–Crippen LogP) is 3.81. The summed E-state index contributed by atoms with van der Waals surface area (Å²) in [6.07, 6.45) is 2.99. The van der Waals surface area contributed by atoms with Gasteiger partial charge < -0.3 is 9.55 Å². The van der Waals surface area contributed by atoms with Crippen LogP contribution in [0.3, 0.4) is 0 Å². The standard InChI is InChI=1S/C14H15BrN4S/c1-3-11-9(7-18(2)17-11)8-19-13-6-10(15)4-5-12(13)16-14(19)20/h4-7H,3,8H2,1-2H3,(H,16,20). The number of H-pyrrole nitrogens is 1. The van der Waals surface area contributed by atoms with Gasteiger partial charge in [-0.1, -0.05) is 22.9 Å². The van der Waals surface area contributed by atoms with Crippen LogP contribution in [0.4, 0.5) is 0 Å². The number of nitrogens with one attached hydrogen (secondary N) is 1. The summed E-state index contributed by atoms with van der Waals surface area (Å²) in [6.45, 7) is 2.86. The Hall–Kier alpha value is -1.40. The third-order valence-electron chi connectivity index (χ3n) is 3.39. The number of benzene rings is 1. The van der Waals surface area contributed by atoms with Crippen LogP contribution in [0.5, 0.6) is 0 Å². The van der Waals surface area contributed by atoms with Crippen molar-refractivity contribution in [2.75, 3.05) is 0 Å². The van der Waals surface area contributed by atoms with Crippen LogP contribution in [0.25, 0.3) is 11.0 Å². The third-order valence-corrected chi connectivity index (χ3v) is 4.21. The first-order chi connectivity index (χ1) is 9.58. The zero-order valence-electron chi connectivity index (χ0n) is 11.4. The number of aromatic nitrogens is 4. The van der Waals surface area contributed by atoms with Crippen molar-refractivity contribution in [3.05, 3.63) is 44.9 Å². The number of hydrogen-bond acceptors (Lipinski definition) is 2. The van der Waals surface area contributed by atoms with Crippen LogP contribution in [-0.4, -0.2) is 19.3 Å². The molecule has 0 spiro atoms. The smallest absolute Gasteiger partial charge is 0.178 e. The van der Waals surface area contributed by atoms with Gasteiger partial charge in [0.05, 0.1) is 23.3 Å². The second-order valence-electron chi connectivity index (χ2n) is 4.81. The monoisotopic (exact) mass is 350 g/mol. The Labute approximate surface area is 130 Å². The molecule has 0 fully saturated rings. The molecule has 1 N–H and O–H groups in total. The van der Waals surface area contributed by atoms with E-state index in [0.29, 0.717) is 0 Å². The van der Waals surface area contributed by atoms with Gasteiger partial charge in [0, 0.05) is 23.3 Å². The summed E-state index contributed by atoms with van der Waals surface area (Å²) in [5.41, 5.74) is 4.50. The molecule has 6 heteroatoms. The van der Waals surface area contributed by atoms with E-state index in [0.717, 1.165) is 38.9 Å². The van der Waals surface area contributed by atoms with E-state index in [1.54, 1.807) is 0 Å². The van der Waals surface area contributed by atoms with Crippen LogP contribution in [0, 0.1) is 4.77 Å². The van der Waals surface area contributed by atoms with Crippen molar-refractivity contribution in [3.8, 4) is 0 Å². The molecule has 0 atom stereocenters. The molecule has 2 aromatic heterocycles. The van der Waals surface area contributed by atoms with Gasteiger partial charge in [-0.05, 0) is 36.8 Å². The minimum absolute atomic E-state index is 0.740. The zero-order valence-corrected chi connectivity index (χ0v) is 13.8. The number of rotatable bonds is 3. The summed E-state index contributed by atoms with van der Waals surface area (Å²) < 4.78 is 5.77. The summed E-state index contributed by atoms with van der Waals surface area (Å²) in [7, 11) is 1.95. The molecule has 3 rings (SSSR count).